The molecule has 1 aliphatic rings. The molecule has 4 nitrogen and oxygen atoms in total. The maximum absolute atomic E-state index is 13.0. The smallest absolute Gasteiger partial charge is 0.260 e. The minimum Gasteiger partial charge on any atom is -0.331 e. The zero-order valence-electron chi connectivity index (χ0n) is 13.6. The van der Waals surface area contributed by atoms with E-state index in [0.29, 0.717) is 6.54 Å². The Morgan fingerprint density at radius 1 is 1.26 bits per heavy atom. The van der Waals surface area contributed by atoms with Crippen LogP contribution in [0.5, 0.6) is 0 Å². The van der Waals surface area contributed by atoms with Gasteiger partial charge in [-0.2, -0.15) is 0 Å². The Morgan fingerprint density at radius 2 is 2.04 bits per heavy atom. The summed E-state index contributed by atoms with van der Waals surface area (Å²) in [6.07, 6.45) is 2.78. The number of carbonyl (C=O) groups is 1. The van der Waals surface area contributed by atoms with Crippen molar-refractivity contribution in [2.45, 2.75) is 39.2 Å². The summed E-state index contributed by atoms with van der Waals surface area (Å²) in [6.45, 7) is 4.53. The minimum absolute atomic E-state index is 0.0688. The number of carbonyl (C=O) groups excluding carboxylic acids is 1. The number of nitrogens with zero attached hydrogens (tertiary/aromatic N) is 1. The lowest BCUT2D eigenvalue weighted by atomic mass is 10.1. The van der Waals surface area contributed by atoms with Crippen molar-refractivity contribution in [1.29, 1.82) is 0 Å². The van der Waals surface area contributed by atoms with Crippen LogP contribution in [0.25, 0.3) is 0 Å². The number of rotatable bonds is 4. The SMILES string of the molecule is CCCN(C(=O)c1ccc(C)[nH]c1=O)[C@@H]1CCc2ccccc21. The number of H-pyrrole nitrogens is 1. The molecule has 0 radical (unpaired) electrons. The predicted molar refractivity (Wildman–Crippen MR) is 90.6 cm³/mol. The standard InChI is InChI=1S/C19H22N2O2/c1-3-12-21(17-11-9-14-6-4-5-7-15(14)17)19(23)16-10-8-13(2)20-18(16)22/h4-8,10,17H,3,9,11-12H2,1-2H3,(H,20,22)/t17-/m1/s1. The van der Waals surface area contributed by atoms with E-state index in [4.69, 9.17) is 0 Å². The van der Waals surface area contributed by atoms with Crippen LogP contribution in [0.2, 0.25) is 0 Å². The molecule has 3 rings (SSSR count). The molecule has 1 aromatic carbocycles. The highest BCUT2D eigenvalue weighted by atomic mass is 16.2. The quantitative estimate of drug-likeness (QED) is 0.942. The van der Waals surface area contributed by atoms with Gasteiger partial charge in [0.1, 0.15) is 5.56 Å². The zero-order chi connectivity index (χ0) is 16.4. The van der Waals surface area contributed by atoms with Crippen LogP contribution in [-0.2, 0) is 6.42 Å². The lowest BCUT2D eigenvalue weighted by molar-refractivity contribution is 0.0674. The maximum atomic E-state index is 13.0. The van der Waals surface area contributed by atoms with Gasteiger partial charge in [-0.3, -0.25) is 9.59 Å². The van der Waals surface area contributed by atoms with Crippen molar-refractivity contribution >= 4 is 5.91 Å². The van der Waals surface area contributed by atoms with E-state index in [1.54, 1.807) is 12.1 Å². The summed E-state index contributed by atoms with van der Waals surface area (Å²) in [7, 11) is 0. The first kappa shape index (κ1) is 15.5. The molecule has 0 unspecified atom stereocenters. The van der Waals surface area contributed by atoms with Gasteiger partial charge >= 0.3 is 0 Å². The fraction of sp³-hybridized carbons (Fsp3) is 0.368. The van der Waals surface area contributed by atoms with Crippen LogP contribution in [0, 0.1) is 6.92 Å². The molecule has 0 saturated carbocycles. The van der Waals surface area contributed by atoms with Gasteiger partial charge < -0.3 is 9.88 Å². The van der Waals surface area contributed by atoms with Crippen LogP contribution >= 0.6 is 0 Å². The number of fused-ring (bicyclic) bond motifs is 1. The summed E-state index contributed by atoms with van der Waals surface area (Å²) in [5.74, 6) is -0.171. The van der Waals surface area contributed by atoms with Gasteiger partial charge in [-0.05, 0) is 49.4 Å². The normalized spacial score (nSPS) is 16.2. The second kappa shape index (κ2) is 6.41. The van der Waals surface area contributed by atoms with Crippen molar-refractivity contribution in [1.82, 2.24) is 9.88 Å². The minimum atomic E-state index is -0.303. The Kier molecular flexibility index (Phi) is 4.33. The Labute approximate surface area is 136 Å². The first-order valence-electron chi connectivity index (χ1n) is 8.20. The summed E-state index contributed by atoms with van der Waals surface area (Å²) in [6, 6.07) is 11.8. The topological polar surface area (TPSA) is 53.2 Å². The van der Waals surface area contributed by atoms with Crippen molar-refractivity contribution in [3.63, 3.8) is 0 Å². The summed E-state index contributed by atoms with van der Waals surface area (Å²) in [4.78, 5) is 29.7. The number of aryl methyl sites for hydroxylation is 2. The van der Waals surface area contributed by atoms with E-state index >= 15 is 0 Å². The third-order valence-electron chi connectivity index (χ3n) is 4.49. The van der Waals surface area contributed by atoms with Gasteiger partial charge in [-0.25, -0.2) is 0 Å². The van der Waals surface area contributed by atoms with Crippen LogP contribution in [0.15, 0.2) is 41.2 Å². The third-order valence-corrected chi connectivity index (χ3v) is 4.49. The van der Waals surface area contributed by atoms with E-state index in [9.17, 15) is 9.59 Å². The number of amides is 1. The molecule has 0 saturated heterocycles. The van der Waals surface area contributed by atoms with E-state index < -0.39 is 0 Å². The van der Waals surface area contributed by atoms with Crippen molar-refractivity contribution in [2.75, 3.05) is 6.54 Å². The summed E-state index contributed by atoms with van der Waals surface area (Å²) < 4.78 is 0. The van der Waals surface area contributed by atoms with E-state index in [1.165, 1.54) is 11.1 Å². The van der Waals surface area contributed by atoms with E-state index in [1.807, 2.05) is 24.0 Å². The number of benzene rings is 1. The van der Waals surface area contributed by atoms with Gasteiger partial charge in [0.05, 0.1) is 6.04 Å². The average molecular weight is 310 g/mol. The van der Waals surface area contributed by atoms with E-state index in [0.717, 1.165) is 25.0 Å². The molecular formula is C19H22N2O2. The zero-order valence-corrected chi connectivity index (χ0v) is 13.6. The molecule has 1 heterocycles. The molecule has 0 aliphatic heterocycles. The van der Waals surface area contributed by atoms with Crippen LogP contribution in [0.1, 0.15) is 53.0 Å². The van der Waals surface area contributed by atoms with Crippen LogP contribution in [-0.4, -0.2) is 22.3 Å². The molecule has 0 fully saturated rings. The van der Waals surface area contributed by atoms with Crippen molar-refractivity contribution in [3.8, 4) is 0 Å². The molecule has 4 heteroatoms. The summed E-state index contributed by atoms with van der Waals surface area (Å²) in [5.41, 5.74) is 3.22. The molecule has 1 N–H and O–H groups in total. The van der Waals surface area contributed by atoms with Gasteiger partial charge in [0.15, 0.2) is 0 Å². The fourth-order valence-electron chi connectivity index (χ4n) is 3.39. The predicted octanol–water partition coefficient (Wildman–Crippen LogP) is 3.22. The Hall–Kier alpha value is -2.36. The maximum Gasteiger partial charge on any atom is 0.260 e. The summed E-state index contributed by atoms with van der Waals surface area (Å²) in [5, 5.41) is 0. The number of hydrogen-bond acceptors (Lipinski definition) is 2. The van der Waals surface area contributed by atoms with Crippen LogP contribution < -0.4 is 5.56 Å². The second-order valence-corrected chi connectivity index (χ2v) is 6.14. The number of aromatic amines is 1. The highest BCUT2D eigenvalue weighted by Gasteiger charge is 2.31. The Bertz CT molecular complexity index is 779. The van der Waals surface area contributed by atoms with Gasteiger partial charge in [0.25, 0.3) is 11.5 Å². The van der Waals surface area contributed by atoms with Crippen molar-refractivity contribution in [3.05, 3.63) is 69.1 Å². The molecule has 1 atom stereocenters. The highest BCUT2D eigenvalue weighted by Crippen LogP contribution is 2.36. The lowest BCUT2D eigenvalue weighted by Crippen LogP contribution is -2.37. The number of aromatic nitrogens is 1. The van der Waals surface area contributed by atoms with Gasteiger partial charge in [0, 0.05) is 12.2 Å². The lowest BCUT2D eigenvalue weighted by Gasteiger charge is -2.29. The monoisotopic (exact) mass is 310 g/mol. The van der Waals surface area contributed by atoms with Crippen molar-refractivity contribution in [2.24, 2.45) is 0 Å². The first-order valence-corrected chi connectivity index (χ1v) is 8.20. The van der Waals surface area contributed by atoms with Crippen LogP contribution in [0.3, 0.4) is 0 Å². The first-order chi connectivity index (χ1) is 11.1. The Balaban J connectivity index is 1.96. The molecule has 120 valence electrons. The van der Waals surface area contributed by atoms with E-state index in [2.05, 4.69) is 24.0 Å². The summed E-state index contributed by atoms with van der Waals surface area (Å²) >= 11 is 0. The average Bonchev–Trinajstić information content (AvgIpc) is 2.96. The molecule has 1 aromatic heterocycles. The van der Waals surface area contributed by atoms with Gasteiger partial charge in [-0.1, -0.05) is 31.2 Å². The molecule has 0 spiro atoms. The number of hydrogen-bond donors (Lipinski definition) is 1. The number of nitrogens with one attached hydrogen (secondary N) is 1. The molecule has 23 heavy (non-hydrogen) atoms. The fourth-order valence-corrected chi connectivity index (χ4v) is 3.39. The largest absolute Gasteiger partial charge is 0.331 e. The molecule has 1 amide bonds. The highest BCUT2D eigenvalue weighted by molar-refractivity contribution is 5.94. The van der Waals surface area contributed by atoms with Crippen LogP contribution in [0.4, 0.5) is 0 Å². The van der Waals surface area contributed by atoms with Gasteiger partial charge in [-0.15, -0.1) is 0 Å². The van der Waals surface area contributed by atoms with Gasteiger partial charge in [0.2, 0.25) is 0 Å². The second-order valence-electron chi connectivity index (χ2n) is 6.14. The molecule has 2 aromatic rings. The number of pyridine rings is 1. The van der Waals surface area contributed by atoms with E-state index in [-0.39, 0.29) is 23.1 Å². The molecule has 1 aliphatic carbocycles. The molecular weight excluding hydrogens is 288 g/mol. The Morgan fingerprint density at radius 3 is 2.78 bits per heavy atom. The van der Waals surface area contributed by atoms with Crippen molar-refractivity contribution < 1.29 is 4.79 Å². The molecule has 0 bridgehead atoms. The third kappa shape index (κ3) is 2.93.